The highest BCUT2D eigenvalue weighted by Crippen LogP contribution is 2.36. The van der Waals surface area contributed by atoms with Crippen molar-refractivity contribution in [2.75, 3.05) is 13.1 Å². The molecule has 1 saturated heterocycles. The molecule has 1 fully saturated rings. The third-order valence-electron chi connectivity index (χ3n) is 5.91. The van der Waals surface area contributed by atoms with E-state index in [4.69, 9.17) is 0 Å². The molecule has 0 saturated carbocycles. The maximum Gasteiger partial charge on any atom is 0.274 e. The number of pyridine rings is 1. The molecule has 1 aromatic carbocycles. The summed E-state index contributed by atoms with van der Waals surface area (Å²) in [4.78, 5) is 43.5. The first kappa shape index (κ1) is 22.4. The molecule has 170 valence electrons. The van der Waals surface area contributed by atoms with Gasteiger partial charge in [-0.25, -0.2) is 5.10 Å². The number of hydrogen-bond donors (Lipinski definition) is 2. The van der Waals surface area contributed by atoms with Crippen LogP contribution in [0, 0.1) is 5.41 Å². The quantitative estimate of drug-likeness (QED) is 0.606. The lowest BCUT2D eigenvalue weighted by Gasteiger charge is -2.29. The summed E-state index contributed by atoms with van der Waals surface area (Å²) in [5, 5.41) is 9.20. The first-order valence-electron chi connectivity index (χ1n) is 11.0. The molecule has 1 aliphatic heterocycles. The maximum absolute atomic E-state index is 13.4. The number of carbonyl (C=O) groups is 2. The first-order valence-corrected chi connectivity index (χ1v) is 11.0. The molecule has 0 bridgehead atoms. The third-order valence-corrected chi connectivity index (χ3v) is 5.91. The van der Waals surface area contributed by atoms with Gasteiger partial charge in [0.15, 0.2) is 0 Å². The van der Waals surface area contributed by atoms with E-state index in [9.17, 15) is 14.4 Å². The summed E-state index contributed by atoms with van der Waals surface area (Å²) in [5.41, 5.74) is 2.10. The van der Waals surface area contributed by atoms with E-state index in [1.165, 1.54) is 12.1 Å². The molecule has 3 aromatic rings. The molecule has 8 nitrogen and oxygen atoms in total. The van der Waals surface area contributed by atoms with Crippen molar-refractivity contribution in [1.29, 1.82) is 0 Å². The lowest BCUT2D eigenvalue weighted by Crippen LogP contribution is -2.47. The second-order valence-corrected chi connectivity index (χ2v) is 8.81. The highest BCUT2D eigenvalue weighted by Gasteiger charge is 2.46. The number of amides is 2. The molecule has 0 radical (unpaired) electrons. The molecule has 0 aliphatic carbocycles. The van der Waals surface area contributed by atoms with Crippen molar-refractivity contribution in [3.63, 3.8) is 0 Å². The van der Waals surface area contributed by atoms with Crippen molar-refractivity contribution < 1.29 is 9.59 Å². The van der Waals surface area contributed by atoms with E-state index >= 15 is 0 Å². The van der Waals surface area contributed by atoms with Gasteiger partial charge in [-0.05, 0) is 55.5 Å². The number of rotatable bonds is 6. The van der Waals surface area contributed by atoms with Gasteiger partial charge in [0.2, 0.25) is 5.91 Å². The molecule has 2 amide bonds. The lowest BCUT2D eigenvalue weighted by molar-refractivity contribution is -0.130. The van der Waals surface area contributed by atoms with Gasteiger partial charge in [0.1, 0.15) is 5.69 Å². The van der Waals surface area contributed by atoms with Crippen LogP contribution < -0.4 is 10.9 Å². The van der Waals surface area contributed by atoms with E-state index < -0.39 is 5.41 Å². The largest absolute Gasteiger partial charge is 0.353 e. The number of hydrogen-bond acceptors (Lipinski definition) is 5. The van der Waals surface area contributed by atoms with Crippen LogP contribution in [-0.4, -0.2) is 51.0 Å². The predicted molar refractivity (Wildman–Crippen MR) is 124 cm³/mol. The molecule has 8 heteroatoms. The van der Waals surface area contributed by atoms with Crippen molar-refractivity contribution in [2.45, 2.75) is 32.7 Å². The number of H-pyrrole nitrogens is 1. The Balaban J connectivity index is 1.61. The Kier molecular flexibility index (Phi) is 6.35. The Labute approximate surface area is 192 Å². The minimum absolute atomic E-state index is 0.0123. The van der Waals surface area contributed by atoms with Crippen molar-refractivity contribution in [3.8, 4) is 11.1 Å². The first-order chi connectivity index (χ1) is 15.9. The minimum Gasteiger partial charge on any atom is -0.353 e. The molecule has 1 aliphatic rings. The average molecular weight is 446 g/mol. The molecule has 0 unspecified atom stereocenters. The molecular weight excluding hydrogens is 418 g/mol. The Hall–Kier alpha value is -3.81. The second-order valence-electron chi connectivity index (χ2n) is 8.81. The van der Waals surface area contributed by atoms with Gasteiger partial charge in [-0.2, -0.15) is 5.10 Å². The van der Waals surface area contributed by atoms with Crippen molar-refractivity contribution in [1.82, 2.24) is 25.4 Å². The fraction of sp³-hybridized carbons (Fsp3) is 0.320. The van der Waals surface area contributed by atoms with Crippen molar-refractivity contribution >= 4 is 11.8 Å². The second kappa shape index (κ2) is 9.36. The molecule has 2 N–H and O–H groups in total. The fourth-order valence-corrected chi connectivity index (χ4v) is 4.28. The maximum atomic E-state index is 13.4. The van der Waals surface area contributed by atoms with Crippen LogP contribution in [0.15, 0.2) is 65.7 Å². The minimum atomic E-state index is -0.754. The molecule has 3 heterocycles. The third kappa shape index (κ3) is 5.00. The topological polar surface area (TPSA) is 108 Å². The summed E-state index contributed by atoms with van der Waals surface area (Å²) < 4.78 is 0. The number of nitrogens with zero attached hydrogens (tertiary/aromatic N) is 3. The van der Waals surface area contributed by atoms with Crippen LogP contribution in [0.5, 0.6) is 0 Å². The van der Waals surface area contributed by atoms with E-state index in [-0.39, 0.29) is 35.7 Å². The summed E-state index contributed by atoms with van der Waals surface area (Å²) >= 11 is 0. The summed E-state index contributed by atoms with van der Waals surface area (Å²) in [6, 6.07) is 14.7. The normalized spacial score (nSPS) is 17.8. The molecule has 0 spiro atoms. The number of benzene rings is 1. The van der Waals surface area contributed by atoms with Gasteiger partial charge < -0.3 is 10.2 Å². The summed E-state index contributed by atoms with van der Waals surface area (Å²) in [6.45, 7) is 4.57. The van der Waals surface area contributed by atoms with Gasteiger partial charge in [0.05, 0.1) is 5.41 Å². The van der Waals surface area contributed by atoms with Crippen LogP contribution in [0.2, 0.25) is 0 Å². The summed E-state index contributed by atoms with van der Waals surface area (Å²) in [7, 11) is 0. The molecule has 2 aromatic heterocycles. The summed E-state index contributed by atoms with van der Waals surface area (Å²) in [5.74, 6) is -0.358. The van der Waals surface area contributed by atoms with Gasteiger partial charge in [0, 0.05) is 37.6 Å². The van der Waals surface area contributed by atoms with E-state index in [1.807, 2.05) is 50.4 Å². The number of carbonyl (C=O) groups excluding carboxylic acids is 2. The van der Waals surface area contributed by atoms with E-state index in [2.05, 4.69) is 26.6 Å². The average Bonchev–Trinajstić information content (AvgIpc) is 3.25. The fourth-order valence-electron chi connectivity index (χ4n) is 4.28. The zero-order chi connectivity index (χ0) is 23.4. The Morgan fingerprint density at radius 3 is 2.67 bits per heavy atom. The number of nitrogens with one attached hydrogen (secondary N) is 2. The van der Waals surface area contributed by atoms with E-state index in [0.717, 1.165) is 16.7 Å². The molecular formula is C25H27N5O3. The van der Waals surface area contributed by atoms with E-state index in [1.54, 1.807) is 11.1 Å². The number of aromatic nitrogens is 3. The number of likely N-dealkylation sites (tertiary alicyclic amines) is 1. The Morgan fingerprint density at radius 2 is 1.97 bits per heavy atom. The van der Waals surface area contributed by atoms with Gasteiger partial charge in [-0.3, -0.25) is 19.4 Å². The van der Waals surface area contributed by atoms with Gasteiger partial charge >= 0.3 is 0 Å². The zero-order valence-electron chi connectivity index (χ0n) is 18.7. The number of aromatic amines is 1. The highest BCUT2D eigenvalue weighted by molar-refractivity contribution is 5.93. The van der Waals surface area contributed by atoms with Crippen LogP contribution in [0.25, 0.3) is 11.1 Å². The zero-order valence-corrected chi connectivity index (χ0v) is 18.7. The van der Waals surface area contributed by atoms with Crippen molar-refractivity contribution in [2.24, 2.45) is 5.41 Å². The van der Waals surface area contributed by atoms with Crippen LogP contribution in [0.1, 0.15) is 36.3 Å². The van der Waals surface area contributed by atoms with Gasteiger partial charge in [-0.1, -0.05) is 30.3 Å². The molecule has 33 heavy (non-hydrogen) atoms. The standard InChI is InChI=1S/C25H27N5O3/c1-17(2)27-24(33)25(10-12-30(16-25)23(32)21-8-9-22(31)29-28-21)14-18-5-3-6-19(13-18)20-7-4-11-26-15-20/h3-9,11,13,15,17H,10,12,14,16H2,1-2H3,(H,27,33)(H,29,31)/t25-/m1/s1. The predicted octanol–water partition coefficient (Wildman–Crippen LogP) is 2.43. The Morgan fingerprint density at radius 1 is 1.15 bits per heavy atom. The van der Waals surface area contributed by atoms with Gasteiger partial charge in [0.25, 0.3) is 11.5 Å². The summed E-state index contributed by atoms with van der Waals surface area (Å²) in [6.07, 6.45) is 4.59. The smallest absolute Gasteiger partial charge is 0.274 e. The monoisotopic (exact) mass is 445 g/mol. The van der Waals surface area contributed by atoms with Crippen LogP contribution >= 0.6 is 0 Å². The molecule has 4 rings (SSSR count). The van der Waals surface area contributed by atoms with Crippen LogP contribution in [-0.2, 0) is 11.2 Å². The molecule has 1 atom stereocenters. The lowest BCUT2D eigenvalue weighted by atomic mass is 9.79. The van der Waals surface area contributed by atoms with Gasteiger partial charge in [-0.15, -0.1) is 0 Å². The Bertz CT molecular complexity index is 1190. The van der Waals surface area contributed by atoms with Crippen LogP contribution in [0.4, 0.5) is 0 Å². The van der Waals surface area contributed by atoms with Crippen LogP contribution in [0.3, 0.4) is 0 Å². The van der Waals surface area contributed by atoms with E-state index in [0.29, 0.717) is 19.4 Å². The highest BCUT2D eigenvalue weighted by atomic mass is 16.2. The van der Waals surface area contributed by atoms with Crippen molar-refractivity contribution in [3.05, 3.63) is 82.5 Å². The SMILES string of the molecule is CC(C)NC(=O)[C@@]1(Cc2cccc(-c3cccnc3)c2)CCN(C(=O)c2ccc(=O)[nH]n2)C1.